The zero-order valence-electron chi connectivity index (χ0n) is 10.9. The molecule has 0 spiro atoms. The zero-order chi connectivity index (χ0) is 12.2. The molecule has 0 bridgehead atoms. The standard InChI is InChI=1S/C13H22O2/c1-8(2)10(5)11(6)12(14)13(15-7)9(3)4/h8H,1-7H3/b11-10+. The molecule has 0 amide bonds. The van der Waals surface area contributed by atoms with Gasteiger partial charge in [-0.3, -0.25) is 4.79 Å². The summed E-state index contributed by atoms with van der Waals surface area (Å²) in [7, 11) is 1.54. The molecular weight excluding hydrogens is 188 g/mol. The minimum absolute atomic E-state index is 0.00343. The average molecular weight is 210 g/mol. The van der Waals surface area contributed by atoms with Gasteiger partial charge in [-0.05, 0) is 44.8 Å². The van der Waals surface area contributed by atoms with Crippen LogP contribution >= 0.6 is 0 Å². The van der Waals surface area contributed by atoms with Gasteiger partial charge < -0.3 is 4.74 Å². The summed E-state index contributed by atoms with van der Waals surface area (Å²) >= 11 is 0. The molecule has 0 unspecified atom stereocenters. The summed E-state index contributed by atoms with van der Waals surface area (Å²) in [6.07, 6.45) is 0. The fourth-order valence-corrected chi connectivity index (χ4v) is 1.31. The Kier molecular flexibility index (Phi) is 5.34. The minimum Gasteiger partial charge on any atom is -0.493 e. The van der Waals surface area contributed by atoms with Crippen LogP contribution < -0.4 is 0 Å². The molecule has 0 heterocycles. The van der Waals surface area contributed by atoms with Crippen LogP contribution in [0.1, 0.15) is 41.5 Å². The summed E-state index contributed by atoms with van der Waals surface area (Å²) in [4.78, 5) is 12.0. The smallest absolute Gasteiger partial charge is 0.223 e. The first-order valence-corrected chi connectivity index (χ1v) is 5.26. The Hall–Kier alpha value is -1.05. The van der Waals surface area contributed by atoms with Gasteiger partial charge in [0.05, 0.1) is 7.11 Å². The van der Waals surface area contributed by atoms with E-state index in [0.717, 1.165) is 16.7 Å². The van der Waals surface area contributed by atoms with Gasteiger partial charge in [-0.15, -0.1) is 0 Å². The summed E-state index contributed by atoms with van der Waals surface area (Å²) in [5.41, 5.74) is 2.83. The molecule has 2 heteroatoms. The maximum Gasteiger partial charge on any atom is 0.223 e. The van der Waals surface area contributed by atoms with E-state index in [4.69, 9.17) is 4.74 Å². The van der Waals surface area contributed by atoms with Crippen LogP contribution in [0, 0.1) is 5.92 Å². The van der Waals surface area contributed by atoms with E-state index in [1.807, 2.05) is 27.7 Å². The molecule has 0 aliphatic rings. The number of ketones is 1. The average Bonchev–Trinajstić information content (AvgIpc) is 2.15. The monoisotopic (exact) mass is 210 g/mol. The fraction of sp³-hybridized carbons (Fsp3) is 0.615. The SMILES string of the molecule is COC(C(=O)/C(C)=C(\C)C(C)C)=C(C)C. The van der Waals surface area contributed by atoms with Crippen LogP contribution in [0.5, 0.6) is 0 Å². The summed E-state index contributed by atoms with van der Waals surface area (Å²) in [6, 6.07) is 0. The maximum atomic E-state index is 12.0. The van der Waals surface area contributed by atoms with Gasteiger partial charge in [0.1, 0.15) is 0 Å². The predicted molar refractivity (Wildman–Crippen MR) is 63.6 cm³/mol. The molecular formula is C13H22O2. The lowest BCUT2D eigenvalue weighted by molar-refractivity contribution is -0.115. The lowest BCUT2D eigenvalue weighted by Crippen LogP contribution is -2.10. The van der Waals surface area contributed by atoms with Gasteiger partial charge in [-0.1, -0.05) is 19.4 Å². The highest BCUT2D eigenvalue weighted by Gasteiger charge is 2.16. The molecule has 86 valence electrons. The van der Waals surface area contributed by atoms with Crippen LogP contribution in [0.25, 0.3) is 0 Å². The second kappa shape index (κ2) is 5.74. The summed E-state index contributed by atoms with van der Waals surface area (Å²) in [6.45, 7) is 11.8. The first-order chi connectivity index (χ1) is 6.82. The highest BCUT2D eigenvalue weighted by molar-refractivity contribution is 6.07. The normalized spacial score (nSPS) is 12.3. The van der Waals surface area contributed by atoms with Gasteiger partial charge in [-0.25, -0.2) is 0 Å². The molecule has 0 radical (unpaired) electrons. The number of Topliss-reactive ketones (excluding diaryl/α,β-unsaturated/α-hetero) is 1. The Morgan fingerprint density at radius 3 is 1.80 bits per heavy atom. The topological polar surface area (TPSA) is 26.3 Å². The van der Waals surface area contributed by atoms with E-state index < -0.39 is 0 Å². The molecule has 0 rings (SSSR count). The van der Waals surface area contributed by atoms with Gasteiger partial charge in [-0.2, -0.15) is 0 Å². The number of carbonyl (C=O) groups excluding carboxylic acids is 1. The molecule has 0 saturated carbocycles. The largest absolute Gasteiger partial charge is 0.493 e. The van der Waals surface area contributed by atoms with Crippen molar-refractivity contribution >= 4 is 5.78 Å². The van der Waals surface area contributed by atoms with Crippen molar-refractivity contribution in [2.75, 3.05) is 7.11 Å². The molecule has 0 atom stereocenters. The van der Waals surface area contributed by atoms with E-state index in [2.05, 4.69) is 13.8 Å². The van der Waals surface area contributed by atoms with Gasteiger partial charge in [0, 0.05) is 0 Å². The van der Waals surface area contributed by atoms with Crippen molar-refractivity contribution in [3.63, 3.8) is 0 Å². The van der Waals surface area contributed by atoms with Crippen molar-refractivity contribution in [2.45, 2.75) is 41.5 Å². The van der Waals surface area contributed by atoms with Crippen LogP contribution in [0.4, 0.5) is 0 Å². The summed E-state index contributed by atoms with van der Waals surface area (Å²) in [5.74, 6) is 0.861. The highest BCUT2D eigenvalue weighted by Crippen LogP contribution is 2.19. The number of allylic oxidation sites excluding steroid dienone is 3. The lowest BCUT2D eigenvalue weighted by Gasteiger charge is -2.12. The van der Waals surface area contributed by atoms with Crippen molar-refractivity contribution in [3.8, 4) is 0 Å². The molecule has 0 aliphatic carbocycles. The third kappa shape index (κ3) is 3.54. The van der Waals surface area contributed by atoms with Crippen LogP contribution in [0.15, 0.2) is 22.5 Å². The van der Waals surface area contributed by atoms with Gasteiger partial charge in [0.25, 0.3) is 0 Å². The first kappa shape index (κ1) is 13.9. The van der Waals surface area contributed by atoms with Crippen molar-refractivity contribution in [3.05, 3.63) is 22.5 Å². The molecule has 0 fully saturated rings. The fourth-order valence-electron chi connectivity index (χ4n) is 1.31. The van der Waals surface area contributed by atoms with Crippen molar-refractivity contribution < 1.29 is 9.53 Å². The van der Waals surface area contributed by atoms with E-state index in [-0.39, 0.29) is 5.78 Å². The highest BCUT2D eigenvalue weighted by atomic mass is 16.5. The lowest BCUT2D eigenvalue weighted by atomic mass is 9.96. The Morgan fingerprint density at radius 2 is 1.53 bits per heavy atom. The first-order valence-electron chi connectivity index (χ1n) is 5.26. The Labute approximate surface area is 93.0 Å². The number of hydrogen-bond acceptors (Lipinski definition) is 2. The van der Waals surface area contributed by atoms with Gasteiger partial charge in [0.15, 0.2) is 5.76 Å². The van der Waals surface area contributed by atoms with E-state index in [1.165, 1.54) is 7.11 Å². The number of carbonyl (C=O) groups is 1. The summed E-state index contributed by atoms with van der Waals surface area (Å²) < 4.78 is 5.12. The van der Waals surface area contributed by atoms with Crippen molar-refractivity contribution in [1.82, 2.24) is 0 Å². The Balaban J connectivity index is 5.20. The second-order valence-electron chi connectivity index (χ2n) is 4.33. The van der Waals surface area contributed by atoms with Crippen molar-refractivity contribution in [1.29, 1.82) is 0 Å². The molecule has 0 aromatic heterocycles. The van der Waals surface area contributed by atoms with Crippen LogP contribution in [0.3, 0.4) is 0 Å². The molecule has 0 aromatic carbocycles. The quantitative estimate of drug-likeness (QED) is 0.524. The number of ether oxygens (including phenoxy) is 1. The van der Waals surface area contributed by atoms with E-state index in [0.29, 0.717) is 11.7 Å². The van der Waals surface area contributed by atoms with Crippen LogP contribution in [-0.4, -0.2) is 12.9 Å². The number of rotatable bonds is 4. The van der Waals surface area contributed by atoms with E-state index in [1.54, 1.807) is 0 Å². The Bertz CT molecular complexity index is 302. The Morgan fingerprint density at radius 1 is 1.07 bits per heavy atom. The third-order valence-electron chi connectivity index (χ3n) is 2.66. The molecule has 15 heavy (non-hydrogen) atoms. The van der Waals surface area contributed by atoms with Gasteiger partial charge in [0.2, 0.25) is 5.78 Å². The maximum absolute atomic E-state index is 12.0. The van der Waals surface area contributed by atoms with E-state index >= 15 is 0 Å². The molecule has 0 aliphatic heterocycles. The predicted octanol–water partition coefficient (Wildman–Crippen LogP) is 3.49. The minimum atomic E-state index is 0.00343. The van der Waals surface area contributed by atoms with Gasteiger partial charge >= 0.3 is 0 Å². The second-order valence-corrected chi connectivity index (χ2v) is 4.33. The van der Waals surface area contributed by atoms with E-state index in [9.17, 15) is 4.79 Å². The number of methoxy groups -OCH3 is 1. The molecule has 2 nitrogen and oxygen atoms in total. The molecule has 0 saturated heterocycles. The van der Waals surface area contributed by atoms with Crippen molar-refractivity contribution in [2.24, 2.45) is 5.92 Å². The van der Waals surface area contributed by atoms with Crippen LogP contribution in [-0.2, 0) is 9.53 Å². The van der Waals surface area contributed by atoms with Crippen LogP contribution in [0.2, 0.25) is 0 Å². The molecule has 0 N–H and O–H groups in total. The summed E-state index contributed by atoms with van der Waals surface area (Å²) in [5, 5.41) is 0. The molecule has 0 aromatic rings. The third-order valence-corrected chi connectivity index (χ3v) is 2.66. The number of hydrogen-bond donors (Lipinski definition) is 0. The zero-order valence-corrected chi connectivity index (χ0v) is 10.9.